The first-order valence-electron chi connectivity index (χ1n) is 9.59. The van der Waals surface area contributed by atoms with Crippen molar-refractivity contribution in [3.05, 3.63) is 66.0 Å². The van der Waals surface area contributed by atoms with E-state index in [1.54, 1.807) is 32.5 Å². The average Bonchev–Trinajstić information content (AvgIpc) is 2.78. The van der Waals surface area contributed by atoms with E-state index in [1.165, 1.54) is 6.20 Å². The zero-order chi connectivity index (χ0) is 21.5. The van der Waals surface area contributed by atoms with Gasteiger partial charge < -0.3 is 19.5 Å². The Morgan fingerprint density at radius 1 is 1.00 bits per heavy atom. The van der Waals surface area contributed by atoms with E-state index in [1.807, 2.05) is 44.2 Å². The number of aryl methyl sites for hydroxylation is 1. The van der Waals surface area contributed by atoms with Gasteiger partial charge in [-0.25, -0.2) is 4.98 Å². The Morgan fingerprint density at radius 3 is 2.37 bits per heavy atom. The fourth-order valence-electron chi connectivity index (χ4n) is 3.04. The first-order valence-corrected chi connectivity index (χ1v) is 9.59. The van der Waals surface area contributed by atoms with Crippen molar-refractivity contribution in [2.45, 2.75) is 20.0 Å². The van der Waals surface area contributed by atoms with E-state index in [0.717, 1.165) is 16.7 Å². The molecule has 0 saturated heterocycles. The molecule has 1 amide bonds. The summed E-state index contributed by atoms with van der Waals surface area (Å²) in [6.07, 6.45) is 2.35. The van der Waals surface area contributed by atoms with Gasteiger partial charge in [-0.3, -0.25) is 9.78 Å². The Morgan fingerprint density at radius 2 is 1.70 bits per heavy atom. The van der Waals surface area contributed by atoms with Crippen molar-refractivity contribution in [1.29, 1.82) is 0 Å². The van der Waals surface area contributed by atoms with E-state index in [2.05, 4.69) is 15.3 Å². The molecular weight excluding hydrogens is 382 g/mol. The number of hydrogen-bond donors (Lipinski definition) is 1. The minimum Gasteiger partial charge on any atom is -0.493 e. The van der Waals surface area contributed by atoms with Crippen LogP contribution in [0.4, 0.5) is 5.82 Å². The maximum absolute atomic E-state index is 13.0. The fraction of sp³-hybridized carbons (Fsp3) is 0.261. The van der Waals surface area contributed by atoms with Gasteiger partial charge in [-0.1, -0.05) is 29.8 Å². The van der Waals surface area contributed by atoms with Crippen molar-refractivity contribution in [2.75, 3.05) is 26.1 Å². The first-order chi connectivity index (χ1) is 14.6. The lowest BCUT2D eigenvalue weighted by Crippen LogP contribution is -2.24. The zero-order valence-electron chi connectivity index (χ0n) is 17.5. The molecule has 1 heterocycles. The second kappa shape index (κ2) is 9.84. The third-order valence-corrected chi connectivity index (χ3v) is 4.55. The Labute approximate surface area is 176 Å². The molecule has 1 atom stereocenters. The van der Waals surface area contributed by atoms with Crippen LogP contribution >= 0.6 is 0 Å². The molecule has 30 heavy (non-hydrogen) atoms. The van der Waals surface area contributed by atoms with Crippen LogP contribution in [0.25, 0.3) is 11.3 Å². The van der Waals surface area contributed by atoms with Crippen molar-refractivity contribution in [2.24, 2.45) is 0 Å². The quantitative estimate of drug-likeness (QED) is 0.603. The lowest BCUT2D eigenvalue weighted by atomic mass is 10.1. The van der Waals surface area contributed by atoms with Crippen molar-refractivity contribution in [3.63, 3.8) is 0 Å². The highest BCUT2D eigenvalue weighted by atomic mass is 16.5. The molecule has 0 saturated carbocycles. The van der Waals surface area contributed by atoms with Crippen molar-refractivity contribution in [1.82, 2.24) is 9.97 Å². The monoisotopic (exact) mass is 407 g/mol. The van der Waals surface area contributed by atoms with Crippen LogP contribution in [-0.2, 0) is 9.53 Å². The van der Waals surface area contributed by atoms with Gasteiger partial charge in [-0.05, 0) is 37.6 Å². The summed E-state index contributed by atoms with van der Waals surface area (Å²) in [6, 6.07) is 13.1. The van der Waals surface area contributed by atoms with Gasteiger partial charge in [0.2, 0.25) is 0 Å². The smallest absolute Gasteiger partial charge is 0.259 e. The molecule has 0 bridgehead atoms. The highest BCUT2D eigenvalue weighted by Gasteiger charge is 2.23. The summed E-state index contributed by atoms with van der Waals surface area (Å²) >= 11 is 0. The average molecular weight is 407 g/mol. The highest BCUT2D eigenvalue weighted by molar-refractivity contribution is 5.96. The molecule has 0 radical (unpaired) electrons. The third-order valence-electron chi connectivity index (χ3n) is 4.55. The number of nitrogens with one attached hydrogen (secondary N) is 1. The van der Waals surface area contributed by atoms with Gasteiger partial charge in [0.15, 0.2) is 23.4 Å². The zero-order valence-corrected chi connectivity index (χ0v) is 17.5. The van der Waals surface area contributed by atoms with Crippen LogP contribution in [0.2, 0.25) is 0 Å². The number of amides is 1. The summed E-state index contributed by atoms with van der Waals surface area (Å²) in [4.78, 5) is 21.8. The molecule has 0 aliphatic heterocycles. The molecular formula is C23H25N3O4. The molecule has 156 valence electrons. The van der Waals surface area contributed by atoms with Gasteiger partial charge in [-0.15, -0.1) is 0 Å². The van der Waals surface area contributed by atoms with Gasteiger partial charge in [-0.2, -0.15) is 0 Å². The predicted octanol–water partition coefficient (Wildman–Crippen LogP) is 4.19. The van der Waals surface area contributed by atoms with Crippen LogP contribution < -0.4 is 14.8 Å². The standard InChI is InChI=1S/C23H25N3O4/c1-5-30-21(16-8-6-15(2)7-9-16)23(27)26-22-20(24-12-13-25-22)17-10-11-18(28-3)19(14-17)29-4/h6-14,21H,5H2,1-4H3,(H,25,26,27). The van der Waals surface area contributed by atoms with E-state index in [4.69, 9.17) is 14.2 Å². The van der Waals surface area contributed by atoms with Crippen molar-refractivity contribution < 1.29 is 19.0 Å². The summed E-state index contributed by atoms with van der Waals surface area (Å²) in [5.74, 6) is 1.19. The molecule has 0 fully saturated rings. The van der Waals surface area contributed by atoms with E-state index in [0.29, 0.717) is 29.6 Å². The summed E-state index contributed by atoms with van der Waals surface area (Å²) < 4.78 is 16.4. The normalized spacial score (nSPS) is 11.6. The van der Waals surface area contributed by atoms with Crippen LogP contribution in [0, 0.1) is 6.92 Å². The number of hydrogen-bond acceptors (Lipinski definition) is 6. The second-order valence-electron chi connectivity index (χ2n) is 6.56. The summed E-state index contributed by atoms with van der Waals surface area (Å²) in [7, 11) is 3.14. The van der Waals surface area contributed by atoms with E-state index < -0.39 is 6.10 Å². The molecule has 7 heteroatoms. The molecule has 0 aliphatic carbocycles. The first kappa shape index (κ1) is 21.3. The van der Waals surface area contributed by atoms with Crippen molar-refractivity contribution in [3.8, 4) is 22.8 Å². The molecule has 1 aromatic heterocycles. The van der Waals surface area contributed by atoms with Gasteiger partial charge in [0, 0.05) is 24.6 Å². The largest absolute Gasteiger partial charge is 0.493 e. The van der Waals surface area contributed by atoms with E-state index >= 15 is 0 Å². The molecule has 0 spiro atoms. The predicted molar refractivity (Wildman–Crippen MR) is 115 cm³/mol. The Hall–Kier alpha value is -3.45. The van der Waals surface area contributed by atoms with Crippen LogP contribution in [0.5, 0.6) is 11.5 Å². The number of aromatic nitrogens is 2. The number of ether oxygens (including phenoxy) is 3. The Bertz CT molecular complexity index is 1010. The molecule has 1 unspecified atom stereocenters. The molecule has 3 aromatic rings. The maximum atomic E-state index is 13.0. The van der Waals surface area contributed by atoms with Gasteiger partial charge in [0.05, 0.1) is 14.2 Å². The van der Waals surface area contributed by atoms with Crippen LogP contribution in [0.1, 0.15) is 24.2 Å². The third kappa shape index (κ3) is 4.75. The number of methoxy groups -OCH3 is 2. The van der Waals surface area contributed by atoms with Gasteiger partial charge in [0.25, 0.3) is 5.91 Å². The lowest BCUT2D eigenvalue weighted by Gasteiger charge is -2.18. The number of anilines is 1. The summed E-state index contributed by atoms with van der Waals surface area (Å²) in [5, 5.41) is 2.86. The Kier molecular flexibility index (Phi) is 6.98. The number of nitrogens with zero attached hydrogens (tertiary/aromatic N) is 2. The van der Waals surface area contributed by atoms with Gasteiger partial charge >= 0.3 is 0 Å². The van der Waals surface area contributed by atoms with E-state index in [-0.39, 0.29) is 5.91 Å². The second-order valence-corrected chi connectivity index (χ2v) is 6.56. The highest BCUT2D eigenvalue weighted by Crippen LogP contribution is 2.34. The number of carbonyl (C=O) groups is 1. The van der Waals surface area contributed by atoms with E-state index in [9.17, 15) is 4.79 Å². The van der Waals surface area contributed by atoms with Crippen LogP contribution in [0.15, 0.2) is 54.9 Å². The molecule has 0 aliphatic rings. The van der Waals surface area contributed by atoms with Crippen LogP contribution in [-0.4, -0.2) is 36.7 Å². The van der Waals surface area contributed by atoms with Gasteiger partial charge in [0.1, 0.15) is 5.69 Å². The SMILES string of the molecule is CCOC(C(=O)Nc1nccnc1-c1ccc(OC)c(OC)c1)c1ccc(C)cc1. The maximum Gasteiger partial charge on any atom is 0.259 e. The van der Waals surface area contributed by atoms with Crippen molar-refractivity contribution >= 4 is 11.7 Å². The number of carbonyl (C=O) groups excluding carboxylic acids is 1. The molecule has 3 rings (SSSR count). The summed E-state index contributed by atoms with van der Waals surface area (Å²) in [5.41, 5.74) is 3.14. The van der Waals surface area contributed by atoms with Crippen LogP contribution in [0.3, 0.4) is 0 Å². The molecule has 2 aromatic carbocycles. The molecule has 1 N–H and O–H groups in total. The minimum atomic E-state index is -0.754. The Balaban J connectivity index is 1.91. The fourth-order valence-corrected chi connectivity index (χ4v) is 3.04. The number of rotatable bonds is 8. The minimum absolute atomic E-state index is 0.317. The molecule has 7 nitrogen and oxygen atoms in total. The lowest BCUT2D eigenvalue weighted by molar-refractivity contribution is -0.127. The summed E-state index contributed by atoms with van der Waals surface area (Å²) in [6.45, 7) is 4.25. The number of benzene rings is 2. The topological polar surface area (TPSA) is 82.6 Å².